The number of hydrogen-bond donors (Lipinski definition) is 1. The van der Waals surface area contributed by atoms with Gasteiger partial charge in [0, 0.05) is 27.5 Å². The number of carbonyl (C=O) groups excluding carboxylic acids is 1. The SMILES string of the molecule is O=C(Nc1cccc(-c2nc3ncccc3o2)c1)c1ccc(-c2ccc(Br)cc2)o1. The minimum atomic E-state index is -0.338. The third-order valence-corrected chi connectivity index (χ3v) is 5.02. The lowest BCUT2D eigenvalue weighted by atomic mass is 10.2. The van der Waals surface area contributed by atoms with Crippen LogP contribution in [0.25, 0.3) is 34.0 Å². The Morgan fingerprint density at radius 2 is 1.77 bits per heavy atom. The number of aromatic nitrogens is 2. The number of halogens is 1. The molecule has 0 aliphatic heterocycles. The van der Waals surface area contributed by atoms with E-state index in [9.17, 15) is 4.79 Å². The zero-order valence-electron chi connectivity index (χ0n) is 15.5. The summed E-state index contributed by atoms with van der Waals surface area (Å²) in [6, 6.07) is 22.0. The molecule has 2 aromatic carbocycles. The van der Waals surface area contributed by atoms with Gasteiger partial charge in [0.1, 0.15) is 5.76 Å². The van der Waals surface area contributed by atoms with Crippen molar-refractivity contribution >= 4 is 38.8 Å². The Morgan fingerprint density at radius 3 is 2.60 bits per heavy atom. The first kappa shape index (κ1) is 18.3. The van der Waals surface area contributed by atoms with Crippen molar-refractivity contribution in [1.82, 2.24) is 9.97 Å². The fourth-order valence-electron chi connectivity index (χ4n) is 3.04. The van der Waals surface area contributed by atoms with Crippen LogP contribution in [0.1, 0.15) is 10.6 Å². The molecule has 6 nitrogen and oxygen atoms in total. The average Bonchev–Trinajstić information content (AvgIpc) is 3.42. The molecule has 3 heterocycles. The molecule has 5 aromatic rings. The third kappa shape index (κ3) is 3.62. The first-order chi connectivity index (χ1) is 14.7. The highest BCUT2D eigenvalue weighted by atomic mass is 79.9. The molecule has 0 saturated carbocycles. The molecule has 0 spiro atoms. The van der Waals surface area contributed by atoms with Gasteiger partial charge in [-0.2, -0.15) is 4.98 Å². The van der Waals surface area contributed by atoms with E-state index in [0.717, 1.165) is 15.6 Å². The van der Waals surface area contributed by atoms with Crippen molar-refractivity contribution in [1.29, 1.82) is 0 Å². The highest BCUT2D eigenvalue weighted by molar-refractivity contribution is 9.10. The summed E-state index contributed by atoms with van der Waals surface area (Å²) in [5, 5.41) is 2.85. The minimum Gasteiger partial charge on any atom is -0.451 e. The molecule has 0 aliphatic rings. The molecule has 0 bridgehead atoms. The number of benzene rings is 2. The number of hydrogen-bond acceptors (Lipinski definition) is 5. The van der Waals surface area contributed by atoms with Crippen LogP contribution in [0.15, 0.2) is 92.3 Å². The Hall–Kier alpha value is -3.71. The monoisotopic (exact) mass is 459 g/mol. The van der Waals surface area contributed by atoms with Crippen molar-refractivity contribution in [2.45, 2.75) is 0 Å². The van der Waals surface area contributed by atoms with Crippen LogP contribution in [0.4, 0.5) is 5.69 Å². The van der Waals surface area contributed by atoms with Gasteiger partial charge in [-0.1, -0.05) is 34.1 Å². The maximum atomic E-state index is 12.6. The number of amides is 1. The van der Waals surface area contributed by atoms with Gasteiger partial charge >= 0.3 is 0 Å². The molecule has 0 unspecified atom stereocenters. The normalized spacial score (nSPS) is 11.0. The van der Waals surface area contributed by atoms with E-state index in [1.807, 2.05) is 42.5 Å². The van der Waals surface area contributed by atoms with Crippen LogP contribution in [0.2, 0.25) is 0 Å². The van der Waals surface area contributed by atoms with Gasteiger partial charge in [-0.05, 0) is 54.6 Å². The maximum absolute atomic E-state index is 12.6. The van der Waals surface area contributed by atoms with Crippen molar-refractivity contribution < 1.29 is 13.6 Å². The van der Waals surface area contributed by atoms with E-state index in [-0.39, 0.29) is 11.7 Å². The van der Waals surface area contributed by atoms with Gasteiger partial charge in [0.25, 0.3) is 5.91 Å². The minimum absolute atomic E-state index is 0.226. The second-order valence-electron chi connectivity index (χ2n) is 6.55. The first-order valence-electron chi connectivity index (χ1n) is 9.15. The van der Waals surface area contributed by atoms with Crippen LogP contribution < -0.4 is 5.32 Å². The van der Waals surface area contributed by atoms with Crippen LogP contribution in [-0.2, 0) is 0 Å². The Kier molecular flexibility index (Phi) is 4.65. The fraction of sp³-hybridized carbons (Fsp3) is 0. The smallest absolute Gasteiger partial charge is 0.291 e. The molecule has 7 heteroatoms. The molecule has 1 N–H and O–H groups in total. The zero-order valence-corrected chi connectivity index (χ0v) is 17.1. The standard InChI is InChI=1S/C23H14BrN3O3/c24-16-8-6-14(7-9-16)18-10-11-20(29-18)22(28)26-17-4-1-3-15(13-17)23-27-21-19(30-23)5-2-12-25-21/h1-13H,(H,26,28). The summed E-state index contributed by atoms with van der Waals surface area (Å²) < 4.78 is 12.5. The Morgan fingerprint density at radius 1 is 0.900 bits per heavy atom. The Labute approximate surface area is 179 Å². The van der Waals surface area contributed by atoms with Gasteiger partial charge in [0.15, 0.2) is 17.0 Å². The Bertz CT molecular complexity index is 1320. The molecule has 0 saturated heterocycles. The van der Waals surface area contributed by atoms with Crippen LogP contribution in [0.5, 0.6) is 0 Å². The summed E-state index contributed by atoms with van der Waals surface area (Å²) in [6.07, 6.45) is 1.66. The molecule has 146 valence electrons. The lowest BCUT2D eigenvalue weighted by molar-refractivity contribution is 0.0997. The van der Waals surface area contributed by atoms with Crippen molar-refractivity contribution in [2.75, 3.05) is 5.32 Å². The fourth-order valence-corrected chi connectivity index (χ4v) is 3.31. The van der Waals surface area contributed by atoms with Gasteiger partial charge in [0.05, 0.1) is 0 Å². The average molecular weight is 460 g/mol. The highest BCUT2D eigenvalue weighted by Crippen LogP contribution is 2.27. The maximum Gasteiger partial charge on any atom is 0.291 e. The summed E-state index contributed by atoms with van der Waals surface area (Å²) in [5.74, 6) is 0.954. The van der Waals surface area contributed by atoms with Crippen LogP contribution >= 0.6 is 15.9 Å². The second kappa shape index (κ2) is 7.61. The number of nitrogens with one attached hydrogen (secondary N) is 1. The van der Waals surface area contributed by atoms with Crippen molar-refractivity contribution in [3.63, 3.8) is 0 Å². The summed E-state index contributed by atoms with van der Waals surface area (Å²) in [6.45, 7) is 0. The Balaban J connectivity index is 1.36. The van der Waals surface area contributed by atoms with E-state index in [2.05, 4.69) is 31.2 Å². The number of carbonyl (C=O) groups is 1. The van der Waals surface area contributed by atoms with Gasteiger partial charge in [-0.25, -0.2) is 4.98 Å². The summed E-state index contributed by atoms with van der Waals surface area (Å²) >= 11 is 3.41. The van der Waals surface area contributed by atoms with Crippen LogP contribution in [-0.4, -0.2) is 15.9 Å². The molecule has 30 heavy (non-hydrogen) atoms. The van der Waals surface area contributed by atoms with Crippen molar-refractivity contribution in [2.24, 2.45) is 0 Å². The second-order valence-corrected chi connectivity index (χ2v) is 7.47. The zero-order chi connectivity index (χ0) is 20.5. The molecule has 0 atom stereocenters. The highest BCUT2D eigenvalue weighted by Gasteiger charge is 2.14. The number of rotatable bonds is 4. The lowest BCUT2D eigenvalue weighted by Gasteiger charge is -2.04. The van der Waals surface area contributed by atoms with E-state index in [1.165, 1.54) is 0 Å². The van der Waals surface area contributed by atoms with E-state index in [1.54, 1.807) is 36.5 Å². The number of oxazole rings is 1. The van der Waals surface area contributed by atoms with Crippen molar-refractivity contribution in [3.05, 3.63) is 89.2 Å². The predicted octanol–water partition coefficient (Wildman–Crippen LogP) is 6.16. The molecule has 0 fully saturated rings. The van der Waals surface area contributed by atoms with E-state index in [4.69, 9.17) is 8.83 Å². The van der Waals surface area contributed by atoms with Crippen LogP contribution in [0, 0.1) is 0 Å². The lowest BCUT2D eigenvalue weighted by Crippen LogP contribution is -2.10. The van der Waals surface area contributed by atoms with Gasteiger partial charge in [-0.15, -0.1) is 0 Å². The van der Waals surface area contributed by atoms with E-state index < -0.39 is 0 Å². The van der Waals surface area contributed by atoms with Gasteiger partial charge < -0.3 is 14.2 Å². The van der Waals surface area contributed by atoms with E-state index >= 15 is 0 Å². The molecule has 0 aliphatic carbocycles. The summed E-state index contributed by atoms with van der Waals surface area (Å²) in [7, 11) is 0. The quantitative estimate of drug-likeness (QED) is 0.347. The molecular weight excluding hydrogens is 446 g/mol. The largest absolute Gasteiger partial charge is 0.451 e. The molecule has 3 aromatic heterocycles. The molecule has 5 rings (SSSR count). The number of furan rings is 1. The van der Waals surface area contributed by atoms with Crippen molar-refractivity contribution in [3.8, 4) is 22.8 Å². The van der Waals surface area contributed by atoms with Crippen LogP contribution in [0.3, 0.4) is 0 Å². The van der Waals surface area contributed by atoms with Gasteiger partial charge in [0.2, 0.25) is 5.89 Å². The molecular formula is C23H14BrN3O3. The third-order valence-electron chi connectivity index (χ3n) is 4.49. The predicted molar refractivity (Wildman–Crippen MR) is 117 cm³/mol. The number of fused-ring (bicyclic) bond motifs is 1. The first-order valence-corrected chi connectivity index (χ1v) is 9.94. The summed E-state index contributed by atoms with van der Waals surface area (Å²) in [5.41, 5.74) is 3.38. The topological polar surface area (TPSA) is 81.2 Å². The number of anilines is 1. The number of nitrogens with zero attached hydrogens (tertiary/aromatic N) is 2. The number of pyridine rings is 1. The van der Waals surface area contributed by atoms with Gasteiger partial charge in [-0.3, -0.25) is 4.79 Å². The molecule has 1 amide bonds. The molecule has 0 radical (unpaired) electrons. The summed E-state index contributed by atoms with van der Waals surface area (Å²) in [4.78, 5) is 21.2. The van der Waals surface area contributed by atoms with E-state index in [0.29, 0.717) is 28.6 Å².